The standard InChI is InChI=1S/C14H22N4O3/c1-10(11-12(19)16-14(21)17-13(11)20)15-6-5-9-18-7-3-2-4-8-18/h11H,2-9H2,1H3,(H2,16,17,19,20,21). The van der Waals surface area contributed by atoms with Gasteiger partial charge in [-0.25, -0.2) is 4.79 Å². The summed E-state index contributed by atoms with van der Waals surface area (Å²) in [6.45, 7) is 5.54. The molecule has 0 atom stereocenters. The number of imide groups is 2. The Morgan fingerprint density at radius 1 is 1.14 bits per heavy atom. The first-order valence-electron chi connectivity index (χ1n) is 7.47. The number of amides is 4. The molecule has 2 fully saturated rings. The molecular weight excluding hydrogens is 272 g/mol. The first-order valence-corrected chi connectivity index (χ1v) is 7.47. The highest BCUT2D eigenvalue weighted by atomic mass is 16.2. The molecule has 7 nitrogen and oxygen atoms in total. The number of aliphatic imine (C=N–C) groups is 1. The van der Waals surface area contributed by atoms with Crippen molar-refractivity contribution in [2.75, 3.05) is 26.2 Å². The lowest BCUT2D eigenvalue weighted by molar-refractivity contribution is -0.132. The lowest BCUT2D eigenvalue weighted by Gasteiger charge is -2.26. The number of carbonyl (C=O) groups is 3. The number of rotatable bonds is 5. The van der Waals surface area contributed by atoms with Gasteiger partial charge in [-0.2, -0.15) is 0 Å². The number of likely N-dealkylation sites (tertiary alicyclic amines) is 1. The summed E-state index contributed by atoms with van der Waals surface area (Å²) in [6.07, 6.45) is 4.75. The Kier molecular flexibility index (Phi) is 5.44. The van der Waals surface area contributed by atoms with Crippen molar-refractivity contribution in [2.24, 2.45) is 10.9 Å². The number of nitrogens with zero attached hydrogens (tertiary/aromatic N) is 2. The highest BCUT2D eigenvalue weighted by molar-refractivity contribution is 6.27. The van der Waals surface area contributed by atoms with Crippen molar-refractivity contribution in [3.63, 3.8) is 0 Å². The van der Waals surface area contributed by atoms with Crippen LogP contribution in [0.1, 0.15) is 32.6 Å². The van der Waals surface area contributed by atoms with E-state index in [9.17, 15) is 14.4 Å². The van der Waals surface area contributed by atoms with Crippen LogP contribution in [0.15, 0.2) is 4.99 Å². The van der Waals surface area contributed by atoms with E-state index in [0.29, 0.717) is 12.3 Å². The zero-order chi connectivity index (χ0) is 15.2. The van der Waals surface area contributed by atoms with Gasteiger partial charge in [0.15, 0.2) is 5.92 Å². The van der Waals surface area contributed by atoms with Crippen LogP contribution in [-0.4, -0.2) is 54.6 Å². The van der Waals surface area contributed by atoms with Crippen LogP contribution >= 0.6 is 0 Å². The lowest BCUT2D eigenvalue weighted by atomic mass is 10.0. The molecule has 2 aliphatic heterocycles. The zero-order valence-electron chi connectivity index (χ0n) is 12.4. The van der Waals surface area contributed by atoms with Crippen LogP contribution in [0.5, 0.6) is 0 Å². The highest BCUT2D eigenvalue weighted by Crippen LogP contribution is 2.09. The number of hydrogen-bond donors (Lipinski definition) is 2. The van der Waals surface area contributed by atoms with Gasteiger partial charge in [-0.15, -0.1) is 0 Å². The average molecular weight is 294 g/mol. The molecule has 2 aliphatic rings. The van der Waals surface area contributed by atoms with Crippen LogP contribution in [0.4, 0.5) is 4.79 Å². The van der Waals surface area contributed by atoms with Crippen LogP contribution < -0.4 is 10.6 Å². The van der Waals surface area contributed by atoms with Crippen molar-refractivity contribution >= 4 is 23.6 Å². The van der Waals surface area contributed by atoms with E-state index in [4.69, 9.17) is 0 Å². The smallest absolute Gasteiger partial charge is 0.303 e. The van der Waals surface area contributed by atoms with Gasteiger partial charge in [-0.05, 0) is 45.8 Å². The van der Waals surface area contributed by atoms with E-state index < -0.39 is 23.8 Å². The first kappa shape index (κ1) is 15.6. The van der Waals surface area contributed by atoms with Crippen LogP contribution in [0.25, 0.3) is 0 Å². The summed E-state index contributed by atoms with van der Waals surface area (Å²) in [5.41, 5.74) is 0.455. The summed E-state index contributed by atoms with van der Waals surface area (Å²) in [5, 5.41) is 4.17. The molecule has 2 N–H and O–H groups in total. The van der Waals surface area contributed by atoms with Gasteiger partial charge in [0.25, 0.3) is 0 Å². The van der Waals surface area contributed by atoms with Crippen molar-refractivity contribution in [1.82, 2.24) is 15.5 Å². The Morgan fingerprint density at radius 2 is 1.76 bits per heavy atom. The third-order valence-electron chi connectivity index (χ3n) is 3.86. The molecule has 0 saturated carbocycles. The topological polar surface area (TPSA) is 90.9 Å². The van der Waals surface area contributed by atoms with E-state index in [-0.39, 0.29) is 0 Å². The molecule has 0 bridgehead atoms. The van der Waals surface area contributed by atoms with Crippen molar-refractivity contribution in [2.45, 2.75) is 32.6 Å². The van der Waals surface area contributed by atoms with E-state index in [1.165, 1.54) is 19.3 Å². The minimum absolute atomic E-state index is 0.455. The molecule has 0 aromatic rings. The molecule has 21 heavy (non-hydrogen) atoms. The van der Waals surface area contributed by atoms with Gasteiger partial charge in [-0.1, -0.05) is 6.42 Å². The predicted octanol–water partition coefficient (Wildman–Crippen LogP) is 0.306. The van der Waals surface area contributed by atoms with Gasteiger partial charge < -0.3 is 4.90 Å². The van der Waals surface area contributed by atoms with E-state index in [0.717, 1.165) is 26.1 Å². The summed E-state index contributed by atoms with van der Waals surface area (Å²) in [7, 11) is 0. The number of piperidine rings is 1. The first-order chi connectivity index (χ1) is 10.1. The quantitative estimate of drug-likeness (QED) is 0.433. The summed E-state index contributed by atoms with van der Waals surface area (Å²) in [6, 6.07) is -0.765. The number of nitrogens with one attached hydrogen (secondary N) is 2. The van der Waals surface area contributed by atoms with Gasteiger partial charge in [0, 0.05) is 12.3 Å². The largest absolute Gasteiger partial charge is 0.328 e. The van der Waals surface area contributed by atoms with Crippen molar-refractivity contribution in [3.05, 3.63) is 0 Å². The molecule has 2 rings (SSSR count). The Bertz CT molecular complexity index is 435. The van der Waals surface area contributed by atoms with Gasteiger partial charge in [0.05, 0.1) is 0 Å². The number of hydrogen-bond acceptors (Lipinski definition) is 5. The second-order valence-electron chi connectivity index (χ2n) is 5.52. The summed E-state index contributed by atoms with van der Waals surface area (Å²) < 4.78 is 0. The molecule has 0 aromatic carbocycles. The fourth-order valence-electron chi connectivity index (χ4n) is 2.72. The van der Waals surface area contributed by atoms with Crippen molar-refractivity contribution < 1.29 is 14.4 Å². The monoisotopic (exact) mass is 294 g/mol. The molecule has 0 spiro atoms. The van der Waals surface area contributed by atoms with E-state index in [1.54, 1.807) is 6.92 Å². The third kappa shape index (κ3) is 4.35. The molecule has 2 heterocycles. The number of carbonyl (C=O) groups excluding carboxylic acids is 3. The Balaban J connectivity index is 1.78. The van der Waals surface area contributed by atoms with Crippen LogP contribution in [0.2, 0.25) is 0 Å². The third-order valence-corrected chi connectivity index (χ3v) is 3.86. The predicted molar refractivity (Wildman–Crippen MR) is 78.1 cm³/mol. The van der Waals surface area contributed by atoms with Gasteiger partial charge in [0.2, 0.25) is 11.8 Å². The van der Waals surface area contributed by atoms with Crippen LogP contribution in [0, 0.1) is 5.92 Å². The van der Waals surface area contributed by atoms with E-state index >= 15 is 0 Å². The molecule has 2 saturated heterocycles. The van der Waals surface area contributed by atoms with E-state index in [2.05, 4.69) is 20.5 Å². The van der Waals surface area contributed by atoms with Crippen molar-refractivity contribution in [1.29, 1.82) is 0 Å². The molecule has 0 aromatic heterocycles. The second-order valence-corrected chi connectivity index (χ2v) is 5.52. The maximum Gasteiger partial charge on any atom is 0.328 e. The molecule has 4 amide bonds. The Morgan fingerprint density at radius 3 is 2.38 bits per heavy atom. The molecule has 0 unspecified atom stereocenters. The normalized spacial score (nSPS) is 22.1. The minimum atomic E-state index is -0.988. The fourth-order valence-corrected chi connectivity index (χ4v) is 2.72. The lowest BCUT2D eigenvalue weighted by Crippen LogP contribution is -2.57. The molecular formula is C14H22N4O3. The second kappa shape index (κ2) is 7.31. The van der Waals surface area contributed by atoms with Crippen LogP contribution in [-0.2, 0) is 9.59 Å². The van der Waals surface area contributed by atoms with E-state index in [1.807, 2.05) is 0 Å². The summed E-state index contributed by atoms with van der Waals surface area (Å²) in [4.78, 5) is 41.0. The number of barbiturate groups is 1. The molecule has 0 radical (unpaired) electrons. The maximum absolute atomic E-state index is 11.7. The minimum Gasteiger partial charge on any atom is -0.303 e. The Hall–Kier alpha value is -1.76. The Labute approximate surface area is 124 Å². The highest BCUT2D eigenvalue weighted by Gasteiger charge is 2.36. The molecule has 116 valence electrons. The van der Waals surface area contributed by atoms with Gasteiger partial charge in [0.1, 0.15) is 0 Å². The van der Waals surface area contributed by atoms with Crippen LogP contribution in [0.3, 0.4) is 0 Å². The summed E-state index contributed by atoms with van der Waals surface area (Å²) in [5.74, 6) is -2.18. The van der Waals surface area contributed by atoms with Gasteiger partial charge >= 0.3 is 6.03 Å². The summed E-state index contributed by atoms with van der Waals surface area (Å²) >= 11 is 0. The fraction of sp³-hybridized carbons (Fsp3) is 0.714. The molecule has 0 aliphatic carbocycles. The zero-order valence-corrected chi connectivity index (χ0v) is 12.4. The molecule has 7 heteroatoms. The average Bonchev–Trinajstić information content (AvgIpc) is 2.43. The van der Waals surface area contributed by atoms with Gasteiger partial charge in [-0.3, -0.25) is 25.2 Å². The van der Waals surface area contributed by atoms with Crippen molar-refractivity contribution in [3.8, 4) is 0 Å². The maximum atomic E-state index is 11.7. The number of urea groups is 1. The SMILES string of the molecule is CC(=NCCCN1CCCCC1)C1C(=O)NC(=O)NC1=O.